The molecule has 0 fully saturated rings. The van der Waals surface area contributed by atoms with Crippen LogP contribution in [-0.2, 0) is 7.05 Å². The highest BCUT2D eigenvalue weighted by molar-refractivity contribution is 5.79. The smallest absolute Gasteiger partial charge is 0.0955 e. The first kappa shape index (κ1) is 11.8. The van der Waals surface area contributed by atoms with Gasteiger partial charge in [-0.3, -0.25) is 0 Å². The van der Waals surface area contributed by atoms with Crippen LogP contribution in [0.4, 0.5) is 0 Å². The molecule has 0 bridgehead atoms. The van der Waals surface area contributed by atoms with Gasteiger partial charge in [-0.25, -0.2) is 4.98 Å². The van der Waals surface area contributed by atoms with Gasteiger partial charge in [-0.15, -0.1) is 0 Å². The number of fused-ring (bicyclic) bond motifs is 1. The van der Waals surface area contributed by atoms with Crippen LogP contribution in [0.3, 0.4) is 0 Å². The molecule has 0 aliphatic carbocycles. The van der Waals surface area contributed by atoms with Crippen LogP contribution in [0.5, 0.6) is 0 Å². The minimum absolute atomic E-state index is 0.540. The van der Waals surface area contributed by atoms with Gasteiger partial charge in [0.15, 0.2) is 0 Å². The number of nitrogens with zero attached hydrogens (tertiary/aromatic N) is 2. The molecule has 0 radical (unpaired) electrons. The van der Waals surface area contributed by atoms with Crippen molar-refractivity contribution >= 4 is 11.0 Å². The van der Waals surface area contributed by atoms with Crippen molar-refractivity contribution in [2.24, 2.45) is 7.05 Å². The maximum absolute atomic E-state index is 4.40. The number of aryl methyl sites for hydroxylation is 1. The monoisotopic (exact) mass is 204 g/mol. The fraction of sp³-hybridized carbons (Fsp3) is 0.462. The zero-order valence-electron chi connectivity index (χ0n) is 10.3. The summed E-state index contributed by atoms with van der Waals surface area (Å²) in [7, 11) is 2.03. The highest BCUT2D eigenvalue weighted by atomic mass is 15.0. The summed E-state index contributed by atoms with van der Waals surface area (Å²) in [4.78, 5) is 4.40. The van der Waals surface area contributed by atoms with Crippen molar-refractivity contribution in [2.75, 3.05) is 0 Å². The largest absolute Gasteiger partial charge is 0.334 e. The Balaban J connectivity index is 0.000000531. The second-order valence-electron chi connectivity index (χ2n) is 3.73. The fourth-order valence-electron chi connectivity index (χ4n) is 1.65. The van der Waals surface area contributed by atoms with E-state index in [2.05, 4.69) is 41.6 Å². The first-order valence-corrected chi connectivity index (χ1v) is 5.60. The Morgan fingerprint density at radius 2 is 1.87 bits per heavy atom. The van der Waals surface area contributed by atoms with Crippen LogP contribution in [0.25, 0.3) is 11.0 Å². The van der Waals surface area contributed by atoms with E-state index in [4.69, 9.17) is 0 Å². The third kappa shape index (κ3) is 2.20. The van der Waals surface area contributed by atoms with E-state index < -0.39 is 0 Å². The Bertz CT molecular complexity index is 427. The topological polar surface area (TPSA) is 17.8 Å². The number of para-hydroxylation sites is 1. The molecule has 2 heteroatoms. The molecule has 1 aromatic heterocycles. The molecule has 0 aliphatic heterocycles. The lowest BCUT2D eigenvalue weighted by Crippen LogP contribution is -1.89. The van der Waals surface area contributed by atoms with Gasteiger partial charge in [0.1, 0.15) is 0 Å². The maximum atomic E-state index is 4.40. The van der Waals surface area contributed by atoms with E-state index in [1.807, 2.05) is 27.2 Å². The second kappa shape index (κ2) is 4.96. The van der Waals surface area contributed by atoms with Crippen LogP contribution >= 0.6 is 0 Å². The van der Waals surface area contributed by atoms with E-state index in [1.54, 1.807) is 0 Å². The summed E-state index contributed by atoms with van der Waals surface area (Å²) in [5.41, 5.74) is 3.68. The number of rotatable bonds is 1. The number of aromatic nitrogens is 2. The molecule has 2 rings (SSSR count). The van der Waals surface area contributed by atoms with Crippen molar-refractivity contribution in [1.29, 1.82) is 0 Å². The normalized spacial score (nSPS) is 10.3. The molecule has 82 valence electrons. The van der Waals surface area contributed by atoms with Crippen LogP contribution in [0, 0.1) is 0 Å². The first-order valence-electron chi connectivity index (χ1n) is 5.60. The van der Waals surface area contributed by atoms with Gasteiger partial charge in [0, 0.05) is 7.05 Å². The summed E-state index contributed by atoms with van der Waals surface area (Å²) in [5, 5.41) is 0. The fourth-order valence-corrected chi connectivity index (χ4v) is 1.65. The summed E-state index contributed by atoms with van der Waals surface area (Å²) in [6.07, 6.45) is 1.87. The Labute approximate surface area is 91.9 Å². The highest BCUT2D eigenvalue weighted by Gasteiger charge is 2.07. The minimum Gasteiger partial charge on any atom is -0.334 e. The molecule has 2 nitrogen and oxygen atoms in total. The van der Waals surface area contributed by atoms with Crippen LogP contribution in [0.2, 0.25) is 0 Å². The van der Waals surface area contributed by atoms with Gasteiger partial charge in [-0.2, -0.15) is 0 Å². The minimum atomic E-state index is 0.540. The molecule has 0 N–H and O–H groups in total. The van der Waals surface area contributed by atoms with Gasteiger partial charge < -0.3 is 4.57 Å². The maximum Gasteiger partial charge on any atom is 0.0955 e. The number of hydrogen-bond acceptors (Lipinski definition) is 1. The molecule has 0 saturated carbocycles. The van der Waals surface area contributed by atoms with E-state index in [9.17, 15) is 0 Å². The lowest BCUT2D eigenvalue weighted by molar-refractivity contribution is 0.873. The molecule has 0 spiro atoms. The van der Waals surface area contributed by atoms with Gasteiger partial charge in [-0.05, 0) is 17.5 Å². The predicted octanol–water partition coefficient (Wildman–Crippen LogP) is 3.72. The van der Waals surface area contributed by atoms with Gasteiger partial charge in [-0.1, -0.05) is 39.8 Å². The molecule has 1 heterocycles. The van der Waals surface area contributed by atoms with Crippen molar-refractivity contribution in [2.45, 2.75) is 33.6 Å². The molecule has 2 aromatic rings. The molecule has 0 amide bonds. The molecule has 0 aliphatic rings. The molecular formula is C13H20N2. The number of benzene rings is 1. The zero-order valence-corrected chi connectivity index (χ0v) is 10.3. The van der Waals surface area contributed by atoms with Crippen molar-refractivity contribution in [3.8, 4) is 0 Å². The average Bonchev–Trinajstić information content (AvgIpc) is 2.63. The third-order valence-electron chi connectivity index (χ3n) is 2.41. The SMILES string of the molecule is CC.CC(C)c1cccc2c1ncn2C. The summed E-state index contributed by atoms with van der Waals surface area (Å²) in [6.45, 7) is 8.40. The van der Waals surface area contributed by atoms with Crippen LogP contribution < -0.4 is 0 Å². The van der Waals surface area contributed by atoms with Gasteiger partial charge in [0.25, 0.3) is 0 Å². The van der Waals surface area contributed by atoms with E-state index in [0.29, 0.717) is 5.92 Å². The molecular weight excluding hydrogens is 184 g/mol. The van der Waals surface area contributed by atoms with E-state index in [0.717, 1.165) is 5.52 Å². The molecule has 0 saturated heterocycles. The Hall–Kier alpha value is -1.31. The van der Waals surface area contributed by atoms with Crippen LogP contribution in [0.15, 0.2) is 24.5 Å². The third-order valence-corrected chi connectivity index (χ3v) is 2.41. The first-order chi connectivity index (χ1) is 7.20. The quantitative estimate of drug-likeness (QED) is 0.692. The van der Waals surface area contributed by atoms with Gasteiger partial charge in [0.2, 0.25) is 0 Å². The average molecular weight is 204 g/mol. The Morgan fingerprint density at radius 1 is 1.20 bits per heavy atom. The van der Waals surface area contributed by atoms with Crippen molar-refractivity contribution in [3.05, 3.63) is 30.1 Å². The molecule has 15 heavy (non-hydrogen) atoms. The number of imidazole rings is 1. The summed E-state index contributed by atoms with van der Waals surface area (Å²) in [5.74, 6) is 0.540. The van der Waals surface area contributed by atoms with Gasteiger partial charge >= 0.3 is 0 Å². The van der Waals surface area contributed by atoms with Crippen LogP contribution in [0.1, 0.15) is 39.2 Å². The van der Waals surface area contributed by atoms with Crippen molar-refractivity contribution in [3.63, 3.8) is 0 Å². The van der Waals surface area contributed by atoms with Crippen molar-refractivity contribution in [1.82, 2.24) is 9.55 Å². The summed E-state index contributed by atoms with van der Waals surface area (Å²) < 4.78 is 2.06. The summed E-state index contributed by atoms with van der Waals surface area (Å²) >= 11 is 0. The second-order valence-corrected chi connectivity index (χ2v) is 3.73. The molecule has 0 unspecified atom stereocenters. The summed E-state index contributed by atoms with van der Waals surface area (Å²) in [6, 6.07) is 6.35. The lowest BCUT2D eigenvalue weighted by atomic mass is 10.0. The number of hydrogen-bond donors (Lipinski definition) is 0. The van der Waals surface area contributed by atoms with E-state index in [1.165, 1.54) is 11.1 Å². The standard InChI is InChI=1S/C11H14N2.C2H6/c1-8(2)9-5-4-6-10-11(9)12-7-13(10)3;1-2/h4-8H,1-3H3;1-2H3. The van der Waals surface area contributed by atoms with E-state index in [-0.39, 0.29) is 0 Å². The van der Waals surface area contributed by atoms with Crippen molar-refractivity contribution < 1.29 is 0 Å². The van der Waals surface area contributed by atoms with E-state index >= 15 is 0 Å². The Morgan fingerprint density at radius 3 is 2.47 bits per heavy atom. The Kier molecular flexibility index (Phi) is 3.89. The predicted molar refractivity (Wildman–Crippen MR) is 66.2 cm³/mol. The molecule has 1 aromatic carbocycles. The van der Waals surface area contributed by atoms with Crippen LogP contribution in [-0.4, -0.2) is 9.55 Å². The molecule has 0 atom stereocenters. The van der Waals surface area contributed by atoms with Gasteiger partial charge in [0.05, 0.1) is 17.4 Å². The highest BCUT2D eigenvalue weighted by Crippen LogP contribution is 2.23. The zero-order chi connectivity index (χ0) is 11.4. The lowest BCUT2D eigenvalue weighted by Gasteiger charge is -2.05.